The highest BCUT2D eigenvalue weighted by Crippen LogP contribution is 2.31. The van der Waals surface area contributed by atoms with Crippen molar-refractivity contribution < 1.29 is 9.84 Å². The van der Waals surface area contributed by atoms with Gasteiger partial charge in [-0.15, -0.1) is 11.8 Å². The fourth-order valence-corrected chi connectivity index (χ4v) is 4.63. The van der Waals surface area contributed by atoms with Crippen LogP contribution < -0.4 is 5.32 Å². The van der Waals surface area contributed by atoms with Crippen molar-refractivity contribution in [2.45, 2.75) is 44.9 Å². The molecule has 1 unspecified atom stereocenters. The van der Waals surface area contributed by atoms with Gasteiger partial charge in [0.25, 0.3) is 0 Å². The number of anilines is 1. The number of aryl methyl sites for hydroxylation is 1. The Hall–Kier alpha value is -1.50. The van der Waals surface area contributed by atoms with E-state index in [4.69, 9.17) is 4.74 Å². The van der Waals surface area contributed by atoms with Gasteiger partial charge in [0.15, 0.2) is 0 Å². The number of nitrogens with zero attached hydrogens (tertiary/aromatic N) is 1. The van der Waals surface area contributed by atoms with Gasteiger partial charge in [0.05, 0.1) is 29.0 Å². The summed E-state index contributed by atoms with van der Waals surface area (Å²) in [6, 6.07) is 7.04. The van der Waals surface area contributed by atoms with E-state index in [-0.39, 0.29) is 6.04 Å². The molecule has 2 aromatic rings. The number of hydrogen-bond acceptors (Lipinski definition) is 5. The lowest BCUT2D eigenvalue weighted by Crippen LogP contribution is -2.27. The summed E-state index contributed by atoms with van der Waals surface area (Å²) in [5, 5.41) is 15.7. The molecule has 1 fully saturated rings. The summed E-state index contributed by atoms with van der Waals surface area (Å²) in [6.07, 6.45) is 1.69. The molecule has 3 heterocycles. The molecule has 0 radical (unpaired) electrons. The highest BCUT2D eigenvalue weighted by Gasteiger charge is 2.24. The summed E-state index contributed by atoms with van der Waals surface area (Å²) in [4.78, 5) is 8.24. The Kier molecular flexibility index (Phi) is 4.75. The summed E-state index contributed by atoms with van der Waals surface area (Å²) in [7, 11) is 0. The van der Waals surface area contributed by atoms with Crippen LogP contribution in [0.3, 0.4) is 0 Å². The number of aromatic nitrogens is 1. The molecule has 0 amide bonds. The van der Waals surface area contributed by atoms with Gasteiger partial charge in [-0.25, -0.2) is 0 Å². The summed E-state index contributed by atoms with van der Waals surface area (Å²) < 4.78 is 5.46. The van der Waals surface area contributed by atoms with E-state index >= 15 is 0 Å². The third-order valence-corrected chi connectivity index (χ3v) is 6.02. The fourth-order valence-electron chi connectivity index (χ4n) is 3.47. The fraction of sp³-hybridized carbons (Fsp3) is 0.526. The van der Waals surface area contributed by atoms with Crippen LogP contribution in [-0.2, 0) is 4.74 Å². The van der Waals surface area contributed by atoms with Gasteiger partial charge in [-0.05, 0) is 50.5 Å². The van der Waals surface area contributed by atoms with Crippen LogP contribution in [0.25, 0.3) is 10.9 Å². The van der Waals surface area contributed by atoms with Gasteiger partial charge in [0, 0.05) is 30.4 Å². The topological polar surface area (TPSA) is 69.6 Å². The summed E-state index contributed by atoms with van der Waals surface area (Å²) in [6.45, 7) is 5.60. The maximum atomic E-state index is 9.77. The predicted molar refractivity (Wildman–Crippen MR) is 105 cm³/mol. The Morgan fingerprint density at radius 3 is 2.84 bits per heavy atom. The molecule has 2 aliphatic heterocycles. The number of H-pyrrole nitrogens is 1. The van der Waals surface area contributed by atoms with Gasteiger partial charge in [-0.3, -0.25) is 4.99 Å². The van der Waals surface area contributed by atoms with Crippen molar-refractivity contribution in [2.75, 3.05) is 24.3 Å². The Labute approximate surface area is 152 Å². The largest absolute Gasteiger partial charge is 0.391 e. The van der Waals surface area contributed by atoms with Gasteiger partial charge in [0.2, 0.25) is 0 Å². The molecule has 1 aromatic carbocycles. The number of hydrogen-bond donors (Lipinski definition) is 3. The summed E-state index contributed by atoms with van der Waals surface area (Å²) in [5.74, 6) is 0.842. The molecule has 3 N–H and O–H groups in total. The van der Waals surface area contributed by atoms with E-state index in [0.717, 1.165) is 53.7 Å². The first-order valence-electron chi connectivity index (χ1n) is 8.97. The number of aliphatic imine (C=N–C) groups is 1. The van der Waals surface area contributed by atoms with E-state index < -0.39 is 6.10 Å². The minimum absolute atomic E-state index is 0.00650. The Balaban J connectivity index is 1.65. The van der Waals surface area contributed by atoms with Crippen LogP contribution >= 0.6 is 11.8 Å². The lowest BCUT2D eigenvalue weighted by Gasteiger charge is -2.24. The summed E-state index contributed by atoms with van der Waals surface area (Å²) in [5.41, 5.74) is 4.58. The van der Waals surface area contributed by atoms with Crippen LogP contribution in [0, 0.1) is 6.92 Å². The number of aliphatic hydroxyl groups excluding tert-OH is 1. The SMILES string of the molecule is Cc1cc(NC2CCOCC2)c2[nH]c(C3=N[C@@H](C(C)O)CS3)cc2c1. The highest BCUT2D eigenvalue weighted by molar-refractivity contribution is 8.14. The number of aromatic amines is 1. The number of nitrogens with one attached hydrogen (secondary N) is 2. The predicted octanol–water partition coefficient (Wildman–Crippen LogP) is 3.31. The van der Waals surface area contributed by atoms with E-state index in [1.165, 1.54) is 10.9 Å². The van der Waals surface area contributed by atoms with E-state index in [0.29, 0.717) is 6.04 Å². The molecule has 0 aliphatic carbocycles. The van der Waals surface area contributed by atoms with E-state index in [1.54, 1.807) is 11.8 Å². The van der Waals surface area contributed by atoms with Gasteiger partial charge in [-0.2, -0.15) is 0 Å². The van der Waals surface area contributed by atoms with Crippen LogP contribution in [0.5, 0.6) is 0 Å². The van der Waals surface area contributed by atoms with Crippen LogP contribution in [0.1, 0.15) is 31.0 Å². The number of benzene rings is 1. The Bertz CT molecular complexity index is 793. The molecular weight excluding hydrogens is 334 g/mol. The average molecular weight is 359 g/mol. The number of rotatable bonds is 4. The number of fused-ring (bicyclic) bond motifs is 1. The minimum Gasteiger partial charge on any atom is -0.391 e. The molecule has 2 atom stereocenters. The minimum atomic E-state index is -0.401. The van der Waals surface area contributed by atoms with Gasteiger partial charge < -0.3 is 20.1 Å². The molecule has 1 aromatic heterocycles. The Morgan fingerprint density at radius 2 is 2.12 bits per heavy atom. The van der Waals surface area contributed by atoms with Crippen molar-refractivity contribution >= 4 is 33.4 Å². The smallest absolute Gasteiger partial charge is 0.115 e. The summed E-state index contributed by atoms with van der Waals surface area (Å²) >= 11 is 1.71. The molecule has 6 heteroatoms. The third-order valence-electron chi connectivity index (χ3n) is 4.91. The highest BCUT2D eigenvalue weighted by atomic mass is 32.2. The maximum Gasteiger partial charge on any atom is 0.115 e. The number of ether oxygens (including phenoxy) is 1. The van der Waals surface area contributed by atoms with Crippen molar-refractivity contribution in [2.24, 2.45) is 4.99 Å². The zero-order valence-electron chi connectivity index (χ0n) is 14.7. The van der Waals surface area contributed by atoms with Crippen molar-refractivity contribution in [3.63, 3.8) is 0 Å². The first-order valence-corrected chi connectivity index (χ1v) is 9.95. The van der Waals surface area contributed by atoms with Gasteiger partial charge >= 0.3 is 0 Å². The Morgan fingerprint density at radius 1 is 1.32 bits per heavy atom. The van der Waals surface area contributed by atoms with Crippen molar-refractivity contribution in [1.82, 2.24) is 4.98 Å². The third kappa shape index (κ3) is 3.57. The standard InChI is InChI=1S/C19H25N3O2S/c1-11-7-13-9-16(19-22-17(10-25-19)12(2)23)21-18(13)15(8-11)20-14-3-5-24-6-4-14/h7-9,12,14,17,20-21,23H,3-6,10H2,1-2H3/t12?,17-/m1/s1. The number of thioether (sulfide) groups is 1. The molecular formula is C19H25N3O2S. The lowest BCUT2D eigenvalue weighted by molar-refractivity contribution is 0.0905. The lowest BCUT2D eigenvalue weighted by atomic mass is 10.1. The second-order valence-corrected chi connectivity index (χ2v) is 8.05. The maximum absolute atomic E-state index is 9.77. The van der Waals surface area contributed by atoms with Gasteiger partial charge in [-0.1, -0.05) is 0 Å². The molecule has 25 heavy (non-hydrogen) atoms. The zero-order valence-corrected chi connectivity index (χ0v) is 15.5. The number of aliphatic hydroxyl groups is 1. The first kappa shape index (κ1) is 16.9. The second-order valence-electron chi connectivity index (χ2n) is 7.04. The van der Waals surface area contributed by atoms with E-state index in [9.17, 15) is 5.11 Å². The molecule has 0 bridgehead atoms. The van der Waals surface area contributed by atoms with Crippen LogP contribution in [0.2, 0.25) is 0 Å². The molecule has 134 valence electrons. The van der Waals surface area contributed by atoms with Crippen molar-refractivity contribution in [3.05, 3.63) is 29.5 Å². The van der Waals surface area contributed by atoms with Crippen LogP contribution in [0.4, 0.5) is 5.69 Å². The quantitative estimate of drug-likeness (QED) is 0.783. The molecule has 2 aliphatic rings. The molecule has 1 saturated heterocycles. The zero-order chi connectivity index (χ0) is 17.4. The normalized spacial score (nSPS) is 23.0. The van der Waals surface area contributed by atoms with Crippen LogP contribution in [0.15, 0.2) is 23.2 Å². The molecule has 5 nitrogen and oxygen atoms in total. The van der Waals surface area contributed by atoms with E-state index in [1.807, 2.05) is 6.92 Å². The first-order chi connectivity index (χ1) is 12.1. The van der Waals surface area contributed by atoms with Gasteiger partial charge in [0.1, 0.15) is 5.04 Å². The van der Waals surface area contributed by atoms with Crippen molar-refractivity contribution in [3.8, 4) is 0 Å². The average Bonchev–Trinajstić information content (AvgIpc) is 3.22. The molecule has 4 rings (SSSR count). The molecule has 0 spiro atoms. The van der Waals surface area contributed by atoms with E-state index in [2.05, 4.69) is 40.4 Å². The molecule has 0 saturated carbocycles. The second kappa shape index (κ2) is 7.02. The van der Waals surface area contributed by atoms with Crippen LogP contribution in [-0.4, -0.2) is 52.3 Å². The van der Waals surface area contributed by atoms with Crippen molar-refractivity contribution in [1.29, 1.82) is 0 Å². The monoisotopic (exact) mass is 359 g/mol.